The summed E-state index contributed by atoms with van der Waals surface area (Å²) in [6.07, 6.45) is 20.6. The summed E-state index contributed by atoms with van der Waals surface area (Å²) in [5, 5.41) is 3.39. The number of esters is 1. The van der Waals surface area contributed by atoms with E-state index in [1.807, 2.05) is 12.1 Å². The van der Waals surface area contributed by atoms with Crippen LogP contribution in [0.3, 0.4) is 0 Å². The molecule has 0 bridgehead atoms. The first kappa shape index (κ1) is 26.2. The molecule has 0 radical (unpaired) electrons. The van der Waals surface area contributed by atoms with Gasteiger partial charge in [0.05, 0.1) is 0 Å². The lowest BCUT2D eigenvalue weighted by Crippen LogP contribution is -2.16. The monoisotopic (exact) mass is 417 g/mol. The molecule has 1 N–H and O–H groups in total. The first-order valence-corrected chi connectivity index (χ1v) is 12.2. The van der Waals surface area contributed by atoms with E-state index in [4.69, 9.17) is 4.74 Å². The molecule has 30 heavy (non-hydrogen) atoms. The van der Waals surface area contributed by atoms with E-state index in [1.165, 1.54) is 103 Å². The van der Waals surface area contributed by atoms with E-state index >= 15 is 0 Å². The lowest BCUT2D eigenvalue weighted by Gasteiger charge is -2.08. The molecule has 170 valence electrons. The first-order chi connectivity index (χ1) is 14.6. The Morgan fingerprint density at radius 1 is 0.700 bits per heavy atom. The van der Waals surface area contributed by atoms with Crippen molar-refractivity contribution in [2.45, 2.75) is 110 Å². The maximum absolute atomic E-state index is 11.2. The highest BCUT2D eigenvalue weighted by atomic mass is 16.5. The van der Waals surface area contributed by atoms with Crippen LogP contribution in [0.5, 0.6) is 5.75 Å². The van der Waals surface area contributed by atoms with Gasteiger partial charge in [0.2, 0.25) is 5.78 Å². The molecular weight excluding hydrogens is 374 g/mol. The van der Waals surface area contributed by atoms with Gasteiger partial charge in [0.25, 0.3) is 0 Å². The third-order valence-electron chi connectivity index (χ3n) is 5.46. The first-order valence-electron chi connectivity index (χ1n) is 12.2. The lowest BCUT2D eigenvalue weighted by molar-refractivity contribution is -0.146. The van der Waals surface area contributed by atoms with Crippen LogP contribution >= 0.6 is 0 Å². The number of anilines is 1. The number of ether oxygens (including phenoxy) is 1. The summed E-state index contributed by atoms with van der Waals surface area (Å²) in [6.45, 7) is 4.43. The van der Waals surface area contributed by atoms with Gasteiger partial charge in [-0.2, -0.15) is 0 Å². The summed E-state index contributed by atoms with van der Waals surface area (Å²) in [5.74, 6) is -1.02. The van der Waals surface area contributed by atoms with E-state index in [1.54, 1.807) is 12.1 Å². The van der Waals surface area contributed by atoms with Crippen LogP contribution in [0, 0.1) is 0 Å². The fourth-order valence-electron chi connectivity index (χ4n) is 3.55. The highest BCUT2D eigenvalue weighted by molar-refractivity contribution is 6.33. The molecule has 4 nitrogen and oxygen atoms in total. The number of ketones is 1. The van der Waals surface area contributed by atoms with E-state index in [9.17, 15) is 9.59 Å². The van der Waals surface area contributed by atoms with Crippen molar-refractivity contribution in [3.63, 3.8) is 0 Å². The lowest BCUT2D eigenvalue weighted by atomic mass is 10.0. The minimum absolute atomic E-state index is 0.396. The van der Waals surface area contributed by atoms with Crippen molar-refractivity contribution in [3.05, 3.63) is 24.3 Å². The number of carbonyl (C=O) groups is 2. The second-order valence-corrected chi connectivity index (χ2v) is 8.35. The fraction of sp³-hybridized carbons (Fsp3) is 0.692. The number of rotatable bonds is 19. The van der Waals surface area contributed by atoms with Crippen LogP contribution in [-0.2, 0) is 9.59 Å². The average Bonchev–Trinajstić information content (AvgIpc) is 2.74. The topological polar surface area (TPSA) is 55.4 Å². The van der Waals surface area contributed by atoms with Crippen LogP contribution in [0.2, 0.25) is 0 Å². The molecule has 0 spiro atoms. The van der Waals surface area contributed by atoms with Gasteiger partial charge in [-0.25, -0.2) is 4.79 Å². The van der Waals surface area contributed by atoms with Crippen LogP contribution < -0.4 is 10.1 Å². The molecule has 0 saturated carbocycles. The van der Waals surface area contributed by atoms with Crippen molar-refractivity contribution in [1.82, 2.24) is 0 Å². The summed E-state index contributed by atoms with van der Waals surface area (Å²) >= 11 is 0. The largest absolute Gasteiger partial charge is 0.421 e. The van der Waals surface area contributed by atoms with Gasteiger partial charge in [-0.15, -0.1) is 0 Å². The maximum atomic E-state index is 11.2. The molecule has 0 atom stereocenters. The summed E-state index contributed by atoms with van der Waals surface area (Å²) in [7, 11) is 0. The third kappa shape index (κ3) is 14.2. The second-order valence-electron chi connectivity index (χ2n) is 8.35. The molecule has 0 unspecified atom stereocenters. The minimum Gasteiger partial charge on any atom is -0.421 e. The minimum atomic E-state index is -0.825. The van der Waals surface area contributed by atoms with Crippen molar-refractivity contribution < 1.29 is 14.3 Å². The normalized spacial score (nSPS) is 10.7. The van der Waals surface area contributed by atoms with Gasteiger partial charge in [-0.1, -0.05) is 96.8 Å². The summed E-state index contributed by atoms with van der Waals surface area (Å²) in [4.78, 5) is 22.2. The summed E-state index contributed by atoms with van der Waals surface area (Å²) < 4.78 is 4.95. The van der Waals surface area contributed by atoms with E-state index < -0.39 is 11.8 Å². The Labute approximate surface area is 184 Å². The predicted molar refractivity (Wildman–Crippen MR) is 126 cm³/mol. The van der Waals surface area contributed by atoms with Gasteiger partial charge in [-0.3, -0.25) is 4.79 Å². The van der Waals surface area contributed by atoms with Crippen molar-refractivity contribution in [2.24, 2.45) is 0 Å². The Hall–Kier alpha value is -1.84. The van der Waals surface area contributed by atoms with Gasteiger partial charge in [0.1, 0.15) is 5.75 Å². The Balaban J connectivity index is 1.88. The zero-order chi connectivity index (χ0) is 21.9. The Bertz CT molecular complexity index is 568. The van der Waals surface area contributed by atoms with E-state index in [2.05, 4.69) is 12.2 Å². The molecule has 0 aliphatic heterocycles. The van der Waals surface area contributed by atoms with Gasteiger partial charge in [0, 0.05) is 19.2 Å². The predicted octanol–water partition coefficient (Wildman–Crippen LogP) is 7.46. The molecule has 0 saturated heterocycles. The molecular formula is C26H43NO3. The van der Waals surface area contributed by atoms with Gasteiger partial charge in [0.15, 0.2) is 0 Å². The number of Topliss-reactive ketones (excluding diaryl/α,β-unsaturated/α-hetero) is 1. The molecule has 0 aromatic heterocycles. The molecule has 0 amide bonds. The van der Waals surface area contributed by atoms with E-state index in [0.29, 0.717) is 5.75 Å². The second kappa shape index (κ2) is 18.0. The summed E-state index contributed by atoms with van der Waals surface area (Å²) in [5.41, 5.74) is 1.00. The number of unbranched alkanes of at least 4 members (excludes halogenated alkanes) is 14. The molecule has 4 heteroatoms. The molecule has 0 fully saturated rings. The fourth-order valence-corrected chi connectivity index (χ4v) is 3.55. The highest BCUT2D eigenvalue weighted by Gasteiger charge is 2.09. The quantitative estimate of drug-likeness (QED) is 0.110. The number of benzene rings is 1. The van der Waals surface area contributed by atoms with Crippen molar-refractivity contribution in [1.29, 1.82) is 0 Å². The Morgan fingerprint density at radius 3 is 1.57 bits per heavy atom. The van der Waals surface area contributed by atoms with E-state index in [-0.39, 0.29) is 0 Å². The Morgan fingerprint density at radius 2 is 1.13 bits per heavy atom. The third-order valence-corrected chi connectivity index (χ3v) is 5.46. The number of carbonyl (C=O) groups excluding carboxylic acids is 2. The number of hydrogen-bond donors (Lipinski definition) is 1. The van der Waals surface area contributed by atoms with Gasteiger partial charge < -0.3 is 10.1 Å². The van der Waals surface area contributed by atoms with E-state index in [0.717, 1.165) is 12.2 Å². The molecule has 1 aromatic rings. The van der Waals surface area contributed by atoms with Gasteiger partial charge >= 0.3 is 5.97 Å². The SMILES string of the molecule is CCCCCCCCCCCCCCCCCNc1ccc(OC(=O)C(C)=O)cc1. The molecule has 1 rings (SSSR count). The summed E-state index contributed by atoms with van der Waals surface area (Å²) in [6, 6.07) is 7.15. The average molecular weight is 418 g/mol. The standard InChI is InChI=1S/C26H43NO3/c1-3-4-5-6-7-8-9-10-11-12-13-14-15-16-17-22-27-24-18-20-25(21-19-24)30-26(29)23(2)28/h18-21,27H,3-17,22H2,1-2H3. The molecule has 1 aromatic carbocycles. The van der Waals surface area contributed by atoms with Crippen molar-refractivity contribution in [2.75, 3.05) is 11.9 Å². The van der Waals surface area contributed by atoms with Crippen molar-refractivity contribution in [3.8, 4) is 5.75 Å². The Kier molecular flexibility index (Phi) is 15.7. The molecule has 0 aliphatic rings. The van der Waals surface area contributed by atoms with Crippen molar-refractivity contribution >= 4 is 17.4 Å². The molecule has 0 heterocycles. The zero-order valence-electron chi connectivity index (χ0n) is 19.3. The van der Waals surface area contributed by atoms with Crippen LogP contribution in [0.25, 0.3) is 0 Å². The highest BCUT2D eigenvalue weighted by Crippen LogP contribution is 2.17. The van der Waals surface area contributed by atoms with Crippen LogP contribution in [0.1, 0.15) is 110 Å². The smallest absolute Gasteiger partial charge is 0.379 e. The van der Waals surface area contributed by atoms with Crippen LogP contribution in [-0.4, -0.2) is 18.3 Å². The zero-order valence-corrected chi connectivity index (χ0v) is 19.3. The molecule has 0 aliphatic carbocycles. The number of nitrogens with one attached hydrogen (secondary N) is 1. The van der Waals surface area contributed by atoms with Crippen LogP contribution in [0.4, 0.5) is 5.69 Å². The number of hydrogen-bond acceptors (Lipinski definition) is 4. The van der Waals surface area contributed by atoms with Gasteiger partial charge in [-0.05, 0) is 30.7 Å². The van der Waals surface area contributed by atoms with Crippen LogP contribution in [0.15, 0.2) is 24.3 Å². The maximum Gasteiger partial charge on any atom is 0.379 e.